The smallest absolute Gasteiger partial charge is 0.256 e. The summed E-state index contributed by atoms with van der Waals surface area (Å²) >= 11 is 5.95. The number of benzene rings is 2. The predicted octanol–water partition coefficient (Wildman–Crippen LogP) is 3.70. The van der Waals surface area contributed by atoms with Gasteiger partial charge in [0, 0.05) is 10.7 Å². The van der Waals surface area contributed by atoms with Gasteiger partial charge in [0.25, 0.3) is 5.91 Å². The highest BCUT2D eigenvalue weighted by molar-refractivity contribution is 6.30. The molecule has 1 N–H and O–H groups in total. The number of carbonyl (C=O) groups excluding carboxylic acids is 2. The molecule has 0 radical (unpaired) electrons. The van der Waals surface area contributed by atoms with Crippen LogP contribution in [0.3, 0.4) is 0 Å². The van der Waals surface area contributed by atoms with Crippen LogP contribution < -0.4 is 10.2 Å². The molecule has 0 bridgehead atoms. The minimum absolute atomic E-state index is 0.137. The van der Waals surface area contributed by atoms with Crippen molar-refractivity contribution in [3.05, 3.63) is 58.6 Å². The second-order valence-corrected chi connectivity index (χ2v) is 6.18. The van der Waals surface area contributed by atoms with Crippen LogP contribution in [0.15, 0.2) is 42.5 Å². The van der Waals surface area contributed by atoms with E-state index in [-0.39, 0.29) is 18.2 Å². The Morgan fingerprint density at radius 3 is 2.57 bits per heavy atom. The Labute approximate surface area is 140 Å². The standard InChI is InChI=1S/C18H17ClN2O2/c1-11-6-7-15(8-12(11)2)21-17(22)10-16(18(21)23)20-14-5-3-4-13(19)9-14/h3-9,16,20H,10H2,1-2H3/t16-/m1/s1. The van der Waals surface area contributed by atoms with E-state index in [9.17, 15) is 9.59 Å². The molecule has 3 rings (SSSR count). The average Bonchev–Trinajstić information content (AvgIpc) is 2.77. The Balaban J connectivity index is 1.83. The van der Waals surface area contributed by atoms with Gasteiger partial charge in [-0.05, 0) is 55.3 Å². The lowest BCUT2D eigenvalue weighted by Crippen LogP contribution is -2.34. The topological polar surface area (TPSA) is 49.4 Å². The van der Waals surface area contributed by atoms with Crippen molar-refractivity contribution in [3.8, 4) is 0 Å². The van der Waals surface area contributed by atoms with Gasteiger partial charge in [0.05, 0.1) is 12.1 Å². The zero-order valence-corrected chi connectivity index (χ0v) is 13.7. The van der Waals surface area contributed by atoms with Crippen molar-refractivity contribution in [2.45, 2.75) is 26.3 Å². The highest BCUT2D eigenvalue weighted by Crippen LogP contribution is 2.27. The molecule has 118 valence electrons. The third-order valence-electron chi connectivity index (χ3n) is 4.06. The Kier molecular flexibility index (Phi) is 4.09. The second-order valence-electron chi connectivity index (χ2n) is 5.75. The van der Waals surface area contributed by atoms with Crippen molar-refractivity contribution in [1.82, 2.24) is 0 Å². The van der Waals surface area contributed by atoms with Crippen molar-refractivity contribution < 1.29 is 9.59 Å². The van der Waals surface area contributed by atoms with E-state index >= 15 is 0 Å². The fourth-order valence-electron chi connectivity index (χ4n) is 2.66. The second kappa shape index (κ2) is 6.05. The lowest BCUT2D eigenvalue weighted by atomic mass is 10.1. The predicted molar refractivity (Wildman–Crippen MR) is 91.9 cm³/mol. The van der Waals surface area contributed by atoms with Gasteiger partial charge in [-0.15, -0.1) is 0 Å². The summed E-state index contributed by atoms with van der Waals surface area (Å²) < 4.78 is 0. The van der Waals surface area contributed by atoms with E-state index in [1.54, 1.807) is 24.3 Å². The summed E-state index contributed by atoms with van der Waals surface area (Å²) in [5.41, 5.74) is 3.53. The number of hydrogen-bond acceptors (Lipinski definition) is 3. The zero-order valence-electron chi connectivity index (χ0n) is 13.0. The summed E-state index contributed by atoms with van der Waals surface area (Å²) in [6.07, 6.45) is 0.137. The molecule has 0 aliphatic carbocycles. The quantitative estimate of drug-likeness (QED) is 0.874. The van der Waals surface area contributed by atoms with Gasteiger partial charge in [-0.2, -0.15) is 0 Å². The molecular formula is C18H17ClN2O2. The Hall–Kier alpha value is -2.33. The molecule has 5 heteroatoms. The monoisotopic (exact) mass is 328 g/mol. The first kappa shape index (κ1) is 15.6. The van der Waals surface area contributed by atoms with Gasteiger partial charge in [-0.3, -0.25) is 9.59 Å². The lowest BCUT2D eigenvalue weighted by Gasteiger charge is -2.17. The van der Waals surface area contributed by atoms with Gasteiger partial charge < -0.3 is 5.32 Å². The molecule has 1 fully saturated rings. The molecule has 2 aromatic rings. The first-order valence-electron chi connectivity index (χ1n) is 7.42. The third kappa shape index (κ3) is 3.08. The minimum Gasteiger partial charge on any atom is -0.373 e. The van der Waals surface area contributed by atoms with E-state index in [1.165, 1.54) is 4.90 Å². The number of halogens is 1. The van der Waals surface area contributed by atoms with Gasteiger partial charge in [0.1, 0.15) is 6.04 Å². The van der Waals surface area contributed by atoms with Crippen LogP contribution in [0.4, 0.5) is 11.4 Å². The first-order chi connectivity index (χ1) is 11.0. The molecule has 2 aromatic carbocycles. The average molecular weight is 329 g/mol. The molecule has 1 heterocycles. The maximum atomic E-state index is 12.6. The van der Waals surface area contributed by atoms with E-state index in [2.05, 4.69) is 5.32 Å². The third-order valence-corrected chi connectivity index (χ3v) is 4.30. The molecule has 1 atom stereocenters. The molecule has 0 aromatic heterocycles. The summed E-state index contributed by atoms with van der Waals surface area (Å²) in [5.74, 6) is -0.434. The number of anilines is 2. The van der Waals surface area contributed by atoms with Crippen molar-refractivity contribution in [1.29, 1.82) is 0 Å². The minimum atomic E-state index is -0.567. The molecule has 1 aliphatic rings. The van der Waals surface area contributed by atoms with Crippen LogP contribution in [0, 0.1) is 13.8 Å². The fourth-order valence-corrected chi connectivity index (χ4v) is 2.85. The van der Waals surface area contributed by atoms with Gasteiger partial charge in [0.15, 0.2) is 0 Å². The number of rotatable bonds is 3. The molecule has 2 amide bonds. The van der Waals surface area contributed by atoms with Gasteiger partial charge in [-0.25, -0.2) is 4.90 Å². The van der Waals surface area contributed by atoms with Crippen molar-refractivity contribution >= 4 is 34.8 Å². The molecule has 0 unspecified atom stereocenters. The molecule has 0 saturated carbocycles. The Morgan fingerprint density at radius 2 is 1.87 bits per heavy atom. The number of aryl methyl sites for hydroxylation is 2. The van der Waals surface area contributed by atoms with Crippen LogP contribution in [0.25, 0.3) is 0 Å². The number of nitrogens with one attached hydrogen (secondary N) is 1. The number of hydrogen-bond donors (Lipinski definition) is 1. The first-order valence-corrected chi connectivity index (χ1v) is 7.79. The van der Waals surface area contributed by atoms with Crippen molar-refractivity contribution in [2.75, 3.05) is 10.2 Å². The molecule has 0 spiro atoms. The van der Waals surface area contributed by atoms with E-state index in [0.29, 0.717) is 10.7 Å². The number of nitrogens with zero attached hydrogens (tertiary/aromatic N) is 1. The van der Waals surface area contributed by atoms with Crippen molar-refractivity contribution in [2.24, 2.45) is 0 Å². The maximum Gasteiger partial charge on any atom is 0.256 e. The van der Waals surface area contributed by atoms with Crippen LogP contribution in [0.2, 0.25) is 5.02 Å². The fraction of sp³-hybridized carbons (Fsp3) is 0.222. The highest BCUT2D eigenvalue weighted by atomic mass is 35.5. The Bertz CT molecular complexity index is 788. The molecule has 1 aliphatic heterocycles. The SMILES string of the molecule is Cc1ccc(N2C(=O)C[C@@H](Nc3cccc(Cl)c3)C2=O)cc1C. The van der Waals surface area contributed by atoms with Crippen LogP contribution in [0.1, 0.15) is 17.5 Å². The van der Waals surface area contributed by atoms with E-state index in [0.717, 1.165) is 16.8 Å². The highest BCUT2D eigenvalue weighted by Gasteiger charge is 2.39. The van der Waals surface area contributed by atoms with E-state index in [1.807, 2.05) is 32.0 Å². The largest absolute Gasteiger partial charge is 0.373 e. The summed E-state index contributed by atoms with van der Waals surface area (Å²) in [4.78, 5) is 26.2. The number of imide groups is 1. The molecular weight excluding hydrogens is 312 g/mol. The normalized spacial score (nSPS) is 17.7. The van der Waals surface area contributed by atoms with E-state index < -0.39 is 6.04 Å². The lowest BCUT2D eigenvalue weighted by molar-refractivity contribution is -0.121. The number of amides is 2. The van der Waals surface area contributed by atoms with Crippen LogP contribution in [-0.4, -0.2) is 17.9 Å². The zero-order chi connectivity index (χ0) is 16.6. The van der Waals surface area contributed by atoms with Crippen LogP contribution in [0.5, 0.6) is 0 Å². The number of carbonyl (C=O) groups is 2. The van der Waals surface area contributed by atoms with Crippen molar-refractivity contribution in [3.63, 3.8) is 0 Å². The van der Waals surface area contributed by atoms with Gasteiger partial charge in [0.2, 0.25) is 5.91 Å². The molecule has 23 heavy (non-hydrogen) atoms. The summed E-state index contributed by atoms with van der Waals surface area (Å²) in [5, 5.41) is 3.67. The Morgan fingerprint density at radius 1 is 1.09 bits per heavy atom. The molecule has 1 saturated heterocycles. The summed E-state index contributed by atoms with van der Waals surface area (Å²) in [6, 6.07) is 12.1. The van der Waals surface area contributed by atoms with Crippen LogP contribution in [-0.2, 0) is 9.59 Å². The van der Waals surface area contributed by atoms with Crippen LogP contribution >= 0.6 is 11.6 Å². The summed E-state index contributed by atoms with van der Waals surface area (Å²) in [7, 11) is 0. The van der Waals surface area contributed by atoms with E-state index in [4.69, 9.17) is 11.6 Å². The van der Waals surface area contributed by atoms with Gasteiger partial charge in [-0.1, -0.05) is 23.7 Å². The summed E-state index contributed by atoms with van der Waals surface area (Å²) in [6.45, 7) is 3.96. The van der Waals surface area contributed by atoms with Gasteiger partial charge >= 0.3 is 0 Å². The molecule has 4 nitrogen and oxygen atoms in total. The maximum absolute atomic E-state index is 12.6.